The fourth-order valence-corrected chi connectivity index (χ4v) is 2.60. The van der Waals surface area contributed by atoms with Gasteiger partial charge in [0.25, 0.3) is 0 Å². The van der Waals surface area contributed by atoms with Crippen LogP contribution in [-0.2, 0) is 0 Å². The van der Waals surface area contributed by atoms with Crippen LogP contribution in [0.15, 0.2) is 0 Å². The maximum atomic E-state index is 3.35. The molecule has 0 atom stereocenters. The van der Waals surface area contributed by atoms with Crippen LogP contribution in [0.25, 0.3) is 0 Å². The van der Waals surface area contributed by atoms with Crippen LogP contribution in [0.3, 0.4) is 0 Å². The molecular formula is C17H37N. The van der Waals surface area contributed by atoms with Gasteiger partial charge in [-0.15, -0.1) is 0 Å². The van der Waals surface area contributed by atoms with E-state index in [2.05, 4.69) is 33.0 Å². The van der Waals surface area contributed by atoms with E-state index in [9.17, 15) is 0 Å². The van der Waals surface area contributed by atoms with Crippen LogP contribution in [0.1, 0.15) is 85.5 Å². The standard InChI is InChI=1S/C7H15N.C7H14.C3H8/c1-2-7-3-5-8-6-4-7;1-7-5-3-2-4-6-7;1-3-2/h7-8H,2-6H2,1H3;7H,2-6H2,1H3;3H2,1-2H3. The maximum absolute atomic E-state index is 3.35. The molecule has 0 radical (unpaired) electrons. The SMILES string of the molecule is CC1CCCCC1.CCC.CCC1CCNCC1. The molecule has 2 aliphatic rings. The monoisotopic (exact) mass is 255 g/mol. The van der Waals surface area contributed by atoms with Crippen LogP contribution in [0.4, 0.5) is 0 Å². The van der Waals surface area contributed by atoms with Gasteiger partial charge in [-0.25, -0.2) is 0 Å². The summed E-state index contributed by atoms with van der Waals surface area (Å²) in [5.74, 6) is 2.06. The molecule has 0 aromatic rings. The van der Waals surface area contributed by atoms with Gasteiger partial charge in [0, 0.05) is 0 Å². The fourth-order valence-electron chi connectivity index (χ4n) is 2.60. The molecule has 1 nitrogen and oxygen atoms in total. The summed E-state index contributed by atoms with van der Waals surface area (Å²) in [6.45, 7) is 11.4. The van der Waals surface area contributed by atoms with Crippen molar-refractivity contribution >= 4 is 0 Å². The van der Waals surface area contributed by atoms with Gasteiger partial charge >= 0.3 is 0 Å². The molecule has 2 fully saturated rings. The van der Waals surface area contributed by atoms with Gasteiger partial charge in [-0.2, -0.15) is 0 Å². The zero-order valence-corrected chi connectivity index (χ0v) is 13.4. The average Bonchev–Trinajstić information content (AvgIpc) is 2.42. The minimum atomic E-state index is 1.02. The summed E-state index contributed by atoms with van der Waals surface area (Å²) in [5, 5.41) is 3.35. The average molecular weight is 255 g/mol. The lowest BCUT2D eigenvalue weighted by atomic mass is 9.91. The van der Waals surface area contributed by atoms with Gasteiger partial charge in [0.2, 0.25) is 0 Å². The molecule has 0 aromatic carbocycles. The molecule has 0 unspecified atom stereocenters. The fraction of sp³-hybridized carbons (Fsp3) is 1.00. The predicted octanol–water partition coefficient (Wildman–Crippen LogP) is 5.40. The van der Waals surface area contributed by atoms with Gasteiger partial charge in [0.05, 0.1) is 0 Å². The van der Waals surface area contributed by atoms with E-state index >= 15 is 0 Å². The number of hydrogen-bond acceptors (Lipinski definition) is 1. The lowest BCUT2D eigenvalue weighted by Gasteiger charge is -2.20. The third kappa shape index (κ3) is 11.1. The molecule has 1 aliphatic heterocycles. The third-order valence-corrected chi connectivity index (χ3v) is 3.93. The van der Waals surface area contributed by atoms with E-state index in [0.29, 0.717) is 0 Å². The zero-order valence-electron chi connectivity index (χ0n) is 13.4. The van der Waals surface area contributed by atoms with Gasteiger partial charge in [0.15, 0.2) is 0 Å². The van der Waals surface area contributed by atoms with Gasteiger partial charge in [-0.1, -0.05) is 72.6 Å². The van der Waals surface area contributed by atoms with E-state index in [4.69, 9.17) is 0 Å². The molecule has 18 heavy (non-hydrogen) atoms. The summed E-state index contributed by atoms with van der Waals surface area (Å²) in [6, 6.07) is 0. The molecule has 0 amide bonds. The third-order valence-electron chi connectivity index (χ3n) is 3.93. The summed E-state index contributed by atoms with van der Waals surface area (Å²) in [6.07, 6.45) is 12.9. The van der Waals surface area contributed by atoms with E-state index in [1.54, 1.807) is 0 Å². The Labute approximate surface area is 116 Å². The van der Waals surface area contributed by atoms with Crippen LogP contribution < -0.4 is 5.32 Å². The molecule has 1 saturated heterocycles. The molecule has 1 heterocycles. The van der Waals surface area contributed by atoms with Crippen molar-refractivity contribution < 1.29 is 0 Å². The Kier molecular flexibility index (Phi) is 13.4. The number of hydrogen-bond donors (Lipinski definition) is 1. The summed E-state index contributed by atoms with van der Waals surface area (Å²) < 4.78 is 0. The topological polar surface area (TPSA) is 12.0 Å². The first-order valence-electron chi connectivity index (χ1n) is 8.45. The minimum absolute atomic E-state index is 1.02. The molecule has 0 aromatic heterocycles. The highest BCUT2D eigenvalue weighted by Crippen LogP contribution is 2.22. The molecule has 1 heteroatoms. The molecule has 0 bridgehead atoms. The summed E-state index contributed by atoms with van der Waals surface area (Å²) in [7, 11) is 0. The smallest absolute Gasteiger partial charge is 0.00463 e. The van der Waals surface area contributed by atoms with Gasteiger partial charge in [0.1, 0.15) is 0 Å². The molecule has 1 N–H and O–H groups in total. The molecule has 0 spiro atoms. The molecule has 110 valence electrons. The number of rotatable bonds is 1. The Bertz CT molecular complexity index is 144. The second-order valence-corrected chi connectivity index (χ2v) is 6.05. The van der Waals surface area contributed by atoms with Crippen LogP contribution in [-0.4, -0.2) is 13.1 Å². The van der Waals surface area contributed by atoms with Crippen molar-refractivity contribution in [1.29, 1.82) is 0 Å². The summed E-state index contributed by atoms with van der Waals surface area (Å²) in [5.41, 5.74) is 0. The van der Waals surface area contributed by atoms with Crippen molar-refractivity contribution in [3.05, 3.63) is 0 Å². The quantitative estimate of drug-likeness (QED) is 0.661. The summed E-state index contributed by atoms with van der Waals surface area (Å²) >= 11 is 0. The Morgan fingerprint density at radius 2 is 1.33 bits per heavy atom. The number of nitrogens with one attached hydrogen (secondary N) is 1. The van der Waals surface area contributed by atoms with Gasteiger partial charge in [-0.3, -0.25) is 0 Å². The van der Waals surface area contributed by atoms with Crippen LogP contribution in [0.2, 0.25) is 0 Å². The van der Waals surface area contributed by atoms with Crippen molar-refractivity contribution in [2.75, 3.05) is 13.1 Å². The first-order chi connectivity index (χ1) is 8.74. The van der Waals surface area contributed by atoms with Crippen molar-refractivity contribution in [2.45, 2.75) is 85.5 Å². The molecular weight excluding hydrogens is 218 g/mol. The predicted molar refractivity (Wildman–Crippen MR) is 84.1 cm³/mol. The molecule has 1 aliphatic carbocycles. The maximum Gasteiger partial charge on any atom is -0.00463 e. The van der Waals surface area contributed by atoms with Crippen LogP contribution in [0, 0.1) is 11.8 Å². The molecule has 2 rings (SSSR count). The number of piperidine rings is 1. The summed E-state index contributed by atoms with van der Waals surface area (Å²) in [4.78, 5) is 0. The van der Waals surface area contributed by atoms with Crippen LogP contribution >= 0.6 is 0 Å². The van der Waals surface area contributed by atoms with Gasteiger partial charge in [-0.05, 0) is 37.8 Å². The van der Waals surface area contributed by atoms with E-state index in [1.165, 1.54) is 70.9 Å². The molecule has 1 saturated carbocycles. The lowest BCUT2D eigenvalue weighted by molar-refractivity contribution is 0.365. The van der Waals surface area contributed by atoms with E-state index in [1.807, 2.05) is 0 Å². The first-order valence-corrected chi connectivity index (χ1v) is 8.45. The second-order valence-electron chi connectivity index (χ2n) is 6.05. The Morgan fingerprint density at radius 1 is 0.833 bits per heavy atom. The van der Waals surface area contributed by atoms with E-state index < -0.39 is 0 Å². The van der Waals surface area contributed by atoms with Gasteiger partial charge < -0.3 is 5.32 Å². The normalized spacial score (nSPS) is 21.3. The minimum Gasteiger partial charge on any atom is -0.317 e. The van der Waals surface area contributed by atoms with E-state index in [-0.39, 0.29) is 0 Å². The Balaban J connectivity index is 0.000000267. The Hall–Kier alpha value is -0.0400. The highest BCUT2D eigenvalue weighted by molar-refractivity contribution is 4.66. The largest absolute Gasteiger partial charge is 0.317 e. The van der Waals surface area contributed by atoms with Crippen molar-refractivity contribution in [3.63, 3.8) is 0 Å². The Morgan fingerprint density at radius 3 is 1.61 bits per heavy atom. The van der Waals surface area contributed by atoms with Crippen LogP contribution in [0.5, 0.6) is 0 Å². The van der Waals surface area contributed by atoms with Crippen molar-refractivity contribution in [1.82, 2.24) is 5.32 Å². The van der Waals surface area contributed by atoms with Crippen molar-refractivity contribution in [3.8, 4) is 0 Å². The highest BCUT2D eigenvalue weighted by Gasteiger charge is 2.09. The van der Waals surface area contributed by atoms with Crippen molar-refractivity contribution in [2.24, 2.45) is 11.8 Å². The lowest BCUT2D eigenvalue weighted by Crippen LogP contribution is -2.27. The van der Waals surface area contributed by atoms with E-state index in [0.717, 1.165) is 11.8 Å². The zero-order chi connectivity index (χ0) is 13.6. The first kappa shape index (κ1) is 18.0. The second kappa shape index (κ2) is 13.4. The highest BCUT2D eigenvalue weighted by atomic mass is 14.9.